The topological polar surface area (TPSA) is 92.4 Å². The summed E-state index contributed by atoms with van der Waals surface area (Å²) in [6.45, 7) is -0.187. The van der Waals surface area contributed by atoms with Gasteiger partial charge in [0.05, 0.1) is 6.54 Å². The normalized spacial score (nSPS) is 16.2. The molecule has 0 aromatic heterocycles. The summed E-state index contributed by atoms with van der Waals surface area (Å²) >= 11 is 0. The molecule has 1 aromatic carbocycles. The number of benzene rings is 1. The summed E-state index contributed by atoms with van der Waals surface area (Å²) in [4.78, 5) is 22.3. The van der Waals surface area contributed by atoms with Crippen molar-refractivity contribution in [1.82, 2.24) is 5.32 Å². The minimum Gasteiger partial charge on any atom is -0.378 e. The van der Waals surface area contributed by atoms with Crippen LogP contribution in [0.2, 0.25) is 0 Å². The molecule has 4 N–H and O–H groups in total. The van der Waals surface area contributed by atoms with E-state index in [2.05, 4.69) is 17.2 Å². The fraction of sp³-hybridized carbons (Fsp3) is 0.412. The van der Waals surface area contributed by atoms with Gasteiger partial charge in [-0.3, -0.25) is 9.59 Å². The Morgan fingerprint density at radius 3 is 2.41 bits per heavy atom. The van der Waals surface area contributed by atoms with Crippen LogP contribution in [-0.2, 0) is 4.79 Å². The number of amides is 2. The Bertz CT molecular complexity index is 605. The van der Waals surface area contributed by atoms with E-state index < -0.39 is 11.5 Å². The lowest BCUT2D eigenvalue weighted by atomic mass is 9.85. The SMILES string of the molecule is NC(=O)CNC(=O)c1ccc(C#CC2(O)CCCCC2)cc1. The molecule has 116 valence electrons. The summed E-state index contributed by atoms with van der Waals surface area (Å²) in [5.74, 6) is 4.97. The number of primary amides is 1. The number of hydrogen-bond acceptors (Lipinski definition) is 3. The lowest BCUT2D eigenvalue weighted by Crippen LogP contribution is -2.33. The number of hydrogen-bond donors (Lipinski definition) is 3. The minimum absolute atomic E-state index is 0.187. The zero-order valence-electron chi connectivity index (χ0n) is 12.4. The second kappa shape index (κ2) is 7.10. The second-order valence-corrected chi connectivity index (χ2v) is 5.57. The van der Waals surface area contributed by atoms with E-state index in [-0.39, 0.29) is 12.5 Å². The van der Waals surface area contributed by atoms with Crippen LogP contribution in [0, 0.1) is 11.8 Å². The van der Waals surface area contributed by atoms with Gasteiger partial charge in [-0.05, 0) is 49.9 Å². The first kappa shape index (κ1) is 16.1. The van der Waals surface area contributed by atoms with Crippen LogP contribution in [-0.4, -0.2) is 29.1 Å². The van der Waals surface area contributed by atoms with Crippen LogP contribution >= 0.6 is 0 Å². The molecule has 2 rings (SSSR count). The van der Waals surface area contributed by atoms with Gasteiger partial charge in [0.25, 0.3) is 5.91 Å². The Kier molecular flexibility index (Phi) is 5.18. The van der Waals surface area contributed by atoms with E-state index in [4.69, 9.17) is 5.73 Å². The minimum atomic E-state index is -0.879. The number of carbonyl (C=O) groups excluding carboxylic acids is 2. The third kappa shape index (κ3) is 4.61. The number of nitrogens with two attached hydrogens (primary N) is 1. The molecule has 0 atom stereocenters. The van der Waals surface area contributed by atoms with Gasteiger partial charge in [-0.1, -0.05) is 18.3 Å². The maximum atomic E-state index is 11.7. The van der Waals surface area contributed by atoms with Gasteiger partial charge in [0.15, 0.2) is 0 Å². The van der Waals surface area contributed by atoms with Crippen molar-refractivity contribution in [3.05, 3.63) is 35.4 Å². The molecule has 0 saturated heterocycles. The first-order valence-corrected chi connectivity index (χ1v) is 7.41. The fourth-order valence-electron chi connectivity index (χ4n) is 2.42. The Morgan fingerprint density at radius 1 is 1.18 bits per heavy atom. The predicted octanol–water partition coefficient (Wildman–Crippen LogP) is 0.948. The third-order valence-electron chi connectivity index (χ3n) is 3.69. The van der Waals surface area contributed by atoms with Gasteiger partial charge >= 0.3 is 0 Å². The van der Waals surface area contributed by atoms with Gasteiger partial charge in [-0.25, -0.2) is 0 Å². The standard InChI is InChI=1S/C17H20N2O3/c18-15(20)12-19-16(21)14-6-4-13(5-7-14)8-11-17(22)9-2-1-3-10-17/h4-7,22H,1-3,9-10,12H2,(H2,18,20)(H,19,21). The highest BCUT2D eigenvalue weighted by Crippen LogP contribution is 2.27. The van der Waals surface area contributed by atoms with Crippen molar-refractivity contribution in [2.24, 2.45) is 5.73 Å². The lowest BCUT2D eigenvalue weighted by molar-refractivity contribution is -0.117. The van der Waals surface area contributed by atoms with Gasteiger partial charge in [0.2, 0.25) is 5.91 Å². The predicted molar refractivity (Wildman–Crippen MR) is 82.9 cm³/mol. The number of rotatable bonds is 3. The van der Waals surface area contributed by atoms with Gasteiger partial charge in [-0.2, -0.15) is 0 Å². The van der Waals surface area contributed by atoms with Crippen LogP contribution in [0.25, 0.3) is 0 Å². The van der Waals surface area contributed by atoms with E-state index in [1.54, 1.807) is 24.3 Å². The van der Waals surface area contributed by atoms with E-state index in [0.717, 1.165) is 24.8 Å². The van der Waals surface area contributed by atoms with Crippen molar-refractivity contribution in [1.29, 1.82) is 0 Å². The molecule has 0 bridgehead atoms. The maximum absolute atomic E-state index is 11.7. The molecule has 0 heterocycles. The largest absolute Gasteiger partial charge is 0.378 e. The van der Waals surface area contributed by atoms with Crippen LogP contribution in [0.5, 0.6) is 0 Å². The summed E-state index contributed by atoms with van der Waals surface area (Å²) in [7, 11) is 0. The van der Waals surface area contributed by atoms with Crippen LogP contribution in [0.1, 0.15) is 48.0 Å². The van der Waals surface area contributed by atoms with Gasteiger partial charge in [0, 0.05) is 11.1 Å². The Morgan fingerprint density at radius 2 is 1.82 bits per heavy atom. The van der Waals surface area contributed by atoms with Crippen LogP contribution in [0.3, 0.4) is 0 Å². The molecule has 1 aromatic rings. The lowest BCUT2D eigenvalue weighted by Gasteiger charge is -2.26. The summed E-state index contributed by atoms with van der Waals surface area (Å²) in [6.07, 6.45) is 4.59. The first-order valence-electron chi connectivity index (χ1n) is 7.41. The van der Waals surface area contributed by atoms with Crippen molar-refractivity contribution in [3.8, 4) is 11.8 Å². The number of carbonyl (C=O) groups is 2. The van der Waals surface area contributed by atoms with Crippen molar-refractivity contribution < 1.29 is 14.7 Å². The van der Waals surface area contributed by atoms with Gasteiger partial charge in [-0.15, -0.1) is 0 Å². The second-order valence-electron chi connectivity index (χ2n) is 5.57. The zero-order chi connectivity index (χ0) is 16.0. The molecule has 2 amide bonds. The maximum Gasteiger partial charge on any atom is 0.251 e. The van der Waals surface area contributed by atoms with E-state index in [1.807, 2.05) is 0 Å². The summed E-state index contributed by atoms with van der Waals surface area (Å²) in [5.41, 5.74) is 5.27. The number of nitrogens with one attached hydrogen (secondary N) is 1. The zero-order valence-corrected chi connectivity index (χ0v) is 12.4. The fourth-order valence-corrected chi connectivity index (χ4v) is 2.42. The Labute approximate surface area is 129 Å². The molecular formula is C17H20N2O3. The van der Waals surface area contributed by atoms with Crippen molar-refractivity contribution in [2.45, 2.75) is 37.7 Å². The van der Waals surface area contributed by atoms with E-state index in [0.29, 0.717) is 18.4 Å². The smallest absolute Gasteiger partial charge is 0.251 e. The van der Waals surface area contributed by atoms with Gasteiger partial charge in [0.1, 0.15) is 5.60 Å². The highest BCUT2D eigenvalue weighted by atomic mass is 16.3. The van der Waals surface area contributed by atoms with Gasteiger partial charge < -0.3 is 16.2 Å². The quantitative estimate of drug-likeness (QED) is 0.726. The van der Waals surface area contributed by atoms with E-state index >= 15 is 0 Å². The molecule has 22 heavy (non-hydrogen) atoms. The molecule has 5 heteroatoms. The first-order chi connectivity index (χ1) is 10.5. The molecule has 0 aliphatic heterocycles. The average Bonchev–Trinajstić information content (AvgIpc) is 2.52. The molecule has 5 nitrogen and oxygen atoms in total. The van der Waals surface area contributed by atoms with Crippen LogP contribution in [0.15, 0.2) is 24.3 Å². The summed E-state index contributed by atoms with van der Waals surface area (Å²) in [6, 6.07) is 6.70. The average molecular weight is 300 g/mol. The molecule has 0 spiro atoms. The van der Waals surface area contributed by atoms with E-state index in [9.17, 15) is 14.7 Å². The molecular weight excluding hydrogens is 280 g/mol. The Hall–Kier alpha value is -2.32. The number of aliphatic hydroxyl groups is 1. The van der Waals surface area contributed by atoms with E-state index in [1.165, 1.54) is 0 Å². The molecule has 1 aliphatic carbocycles. The summed E-state index contributed by atoms with van der Waals surface area (Å²) < 4.78 is 0. The molecule has 1 fully saturated rings. The van der Waals surface area contributed by atoms with Crippen molar-refractivity contribution in [2.75, 3.05) is 6.54 Å². The molecule has 1 aliphatic rings. The van der Waals surface area contributed by atoms with Crippen molar-refractivity contribution in [3.63, 3.8) is 0 Å². The Balaban J connectivity index is 2.00. The molecule has 0 unspecified atom stereocenters. The molecule has 0 radical (unpaired) electrons. The van der Waals surface area contributed by atoms with Crippen LogP contribution < -0.4 is 11.1 Å². The third-order valence-corrected chi connectivity index (χ3v) is 3.69. The highest BCUT2D eigenvalue weighted by molar-refractivity contribution is 5.96. The highest BCUT2D eigenvalue weighted by Gasteiger charge is 2.26. The summed E-state index contributed by atoms with van der Waals surface area (Å²) in [5, 5.41) is 12.7. The molecule has 1 saturated carbocycles. The monoisotopic (exact) mass is 300 g/mol. The van der Waals surface area contributed by atoms with Crippen LogP contribution in [0.4, 0.5) is 0 Å². The van der Waals surface area contributed by atoms with Crippen molar-refractivity contribution >= 4 is 11.8 Å².